The number of hydrogen-bond donors (Lipinski definition) is 1. The molecule has 124 valence electrons. The molecule has 0 bridgehead atoms. The number of ether oxygens (including phenoxy) is 1. The standard InChI is InChI=1S/C17H17N3O3S/c1-12-4-2-6-15-19-14(10-20(12)15)17(22)23-11-16(21)18-8-7-13-5-3-9-24-13/h2-6,9-10H,7-8,11H2,1H3,(H,18,21). The van der Waals surface area contributed by atoms with Crippen molar-refractivity contribution in [3.05, 3.63) is 58.2 Å². The van der Waals surface area contributed by atoms with E-state index in [2.05, 4.69) is 10.3 Å². The number of nitrogens with zero attached hydrogens (tertiary/aromatic N) is 2. The number of aromatic nitrogens is 2. The molecule has 1 amide bonds. The lowest BCUT2D eigenvalue weighted by molar-refractivity contribution is -0.124. The Labute approximate surface area is 143 Å². The maximum Gasteiger partial charge on any atom is 0.359 e. The average molecular weight is 343 g/mol. The second-order valence-electron chi connectivity index (χ2n) is 5.28. The Morgan fingerprint density at radius 1 is 1.29 bits per heavy atom. The summed E-state index contributed by atoms with van der Waals surface area (Å²) >= 11 is 1.65. The number of aryl methyl sites for hydroxylation is 1. The molecular formula is C17H17N3O3S. The SMILES string of the molecule is Cc1cccc2nc(C(=O)OCC(=O)NCCc3cccs3)cn12. The average Bonchev–Trinajstić information content (AvgIpc) is 3.22. The molecule has 0 aliphatic heterocycles. The number of hydrogen-bond acceptors (Lipinski definition) is 5. The zero-order valence-corrected chi connectivity index (χ0v) is 14.0. The van der Waals surface area contributed by atoms with Gasteiger partial charge >= 0.3 is 5.97 Å². The molecule has 0 atom stereocenters. The van der Waals surface area contributed by atoms with Crippen molar-refractivity contribution in [3.63, 3.8) is 0 Å². The second-order valence-corrected chi connectivity index (χ2v) is 6.31. The molecule has 24 heavy (non-hydrogen) atoms. The molecule has 3 aromatic heterocycles. The van der Waals surface area contributed by atoms with Gasteiger partial charge < -0.3 is 14.5 Å². The van der Waals surface area contributed by atoms with Crippen molar-refractivity contribution < 1.29 is 14.3 Å². The van der Waals surface area contributed by atoms with Gasteiger partial charge in [0.15, 0.2) is 12.3 Å². The fraction of sp³-hybridized carbons (Fsp3) is 0.235. The predicted octanol–water partition coefficient (Wildman–Crippen LogP) is 2.22. The molecule has 0 saturated heterocycles. The smallest absolute Gasteiger partial charge is 0.359 e. The van der Waals surface area contributed by atoms with E-state index >= 15 is 0 Å². The molecule has 0 spiro atoms. The Kier molecular flexibility index (Phi) is 4.90. The Morgan fingerprint density at radius 2 is 2.17 bits per heavy atom. The van der Waals surface area contributed by atoms with Crippen LogP contribution < -0.4 is 5.32 Å². The van der Waals surface area contributed by atoms with Crippen LogP contribution in [0.1, 0.15) is 21.1 Å². The van der Waals surface area contributed by atoms with Crippen molar-refractivity contribution in [1.82, 2.24) is 14.7 Å². The summed E-state index contributed by atoms with van der Waals surface area (Å²) in [7, 11) is 0. The third kappa shape index (κ3) is 3.80. The summed E-state index contributed by atoms with van der Waals surface area (Å²) in [6.07, 6.45) is 2.38. The van der Waals surface area contributed by atoms with E-state index in [9.17, 15) is 9.59 Å². The van der Waals surface area contributed by atoms with Gasteiger partial charge in [-0.25, -0.2) is 9.78 Å². The van der Waals surface area contributed by atoms with Crippen LogP contribution in [0.4, 0.5) is 0 Å². The number of imidazole rings is 1. The van der Waals surface area contributed by atoms with Gasteiger partial charge in [0.2, 0.25) is 0 Å². The first-order valence-corrected chi connectivity index (χ1v) is 8.42. The third-order valence-corrected chi connectivity index (χ3v) is 4.45. The lowest BCUT2D eigenvalue weighted by Gasteiger charge is -2.04. The summed E-state index contributed by atoms with van der Waals surface area (Å²) < 4.78 is 6.83. The van der Waals surface area contributed by atoms with Gasteiger partial charge in [0, 0.05) is 23.3 Å². The summed E-state index contributed by atoms with van der Waals surface area (Å²) in [5.41, 5.74) is 1.82. The van der Waals surface area contributed by atoms with E-state index in [1.807, 2.05) is 36.6 Å². The van der Waals surface area contributed by atoms with Gasteiger partial charge in [-0.1, -0.05) is 12.1 Å². The highest BCUT2D eigenvalue weighted by Crippen LogP contribution is 2.09. The number of rotatable bonds is 6. The quantitative estimate of drug-likeness (QED) is 0.697. The van der Waals surface area contributed by atoms with Gasteiger partial charge in [0.05, 0.1) is 0 Å². The summed E-state index contributed by atoms with van der Waals surface area (Å²) in [4.78, 5) is 29.1. The van der Waals surface area contributed by atoms with E-state index in [-0.39, 0.29) is 18.2 Å². The van der Waals surface area contributed by atoms with E-state index in [4.69, 9.17) is 4.74 Å². The number of nitrogens with one attached hydrogen (secondary N) is 1. The van der Waals surface area contributed by atoms with Gasteiger partial charge in [0.25, 0.3) is 5.91 Å². The van der Waals surface area contributed by atoms with Gasteiger partial charge in [-0.15, -0.1) is 11.3 Å². The van der Waals surface area contributed by atoms with Crippen molar-refractivity contribution in [1.29, 1.82) is 0 Å². The maximum atomic E-state index is 12.0. The Bertz CT molecular complexity index is 855. The van der Waals surface area contributed by atoms with Crippen LogP contribution in [0.2, 0.25) is 0 Å². The van der Waals surface area contributed by atoms with Gasteiger partial charge in [-0.3, -0.25) is 4.79 Å². The minimum absolute atomic E-state index is 0.190. The second kappa shape index (κ2) is 7.27. The van der Waals surface area contributed by atoms with Crippen LogP contribution in [-0.4, -0.2) is 34.4 Å². The van der Waals surface area contributed by atoms with Crippen LogP contribution in [-0.2, 0) is 16.0 Å². The number of carbonyl (C=O) groups is 2. The van der Waals surface area contributed by atoms with Crippen LogP contribution in [0.5, 0.6) is 0 Å². The van der Waals surface area contributed by atoms with Crippen molar-refractivity contribution in [3.8, 4) is 0 Å². The summed E-state index contributed by atoms with van der Waals surface area (Å²) in [6, 6.07) is 9.59. The number of esters is 1. The topological polar surface area (TPSA) is 72.7 Å². The summed E-state index contributed by atoms with van der Waals surface area (Å²) in [5, 5.41) is 4.72. The molecule has 0 aromatic carbocycles. The first kappa shape index (κ1) is 16.2. The van der Waals surface area contributed by atoms with E-state index in [0.29, 0.717) is 12.2 Å². The lowest BCUT2D eigenvalue weighted by Crippen LogP contribution is -2.30. The molecule has 0 aliphatic carbocycles. The molecule has 0 radical (unpaired) electrons. The van der Waals surface area contributed by atoms with Gasteiger partial charge in [-0.05, 0) is 36.9 Å². The number of carbonyl (C=O) groups excluding carboxylic acids is 2. The molecule has 1 N–H and O–H groups in total. The molecule has 0 unspecified atom stereocenters. The van der Waals surface area contributed by atoms with Crippen LogP contribution in [0.15, 0.2) is 41.9 Å². The van der Waals surface area contributed by atoms with Crippen molar-refractivity contribution in [2.24, 2.45) is 0 Å². The fourth-order valence-electron chi connectivity index (χ4n) is 2.28. The van der Waals surface area contributed by atoms with Crippen molar-refractivity contribution in [2.75, 3.05) is 13.2 Å². The molecule has 3 aromatic rings. The first-order chi connectivity index (χ1) is 11.6. The molecule has 3 heterocycles. The highest BCUT2D eigenvalue weighted by atomic mass is 32.1. The zero-order chi connectivity index (χ0) is 16.9. The Balaban J connectivity index is 1.49. The molecule has 0 aliphatic rings. The number of fused-ring (bicyclic) bond motifs is 1. The van der Waals surface area contributed by atoms with Crippen LogP contribution >= 0.6 is 11.3 Å². The van der Waals surface area contributed by atoms with Crippen LogP contribution in [0, 0.1) is 6.92 Å². The summed E-state index contributed by atoms with van der Waals surface area (Å²) in [6.45, 7) is 2.13. The van der Waals surface area contributed by atoms with E-state index in [1.54, 1.807) is 28.0 Å². The fourth-order valence-corrected chi connectivity index (χ4v) is 2.99. The van der Waals surface area contributed by atoms with Crippen molar-refractivity contribution in [2.45, 2.75) is 13.3 Å². The highest BCUT2D eigenvalue weighted by Gasteiger charge is 2.14. The van der Waals surface area contributed by atoms with E-state index in [0.717, 1.165) is 12.1 Å². The minimum atomic E-state index is -0.605. The number of amides is 1. The van der Waals surface area contributed by atoms with Crippen molar-refractivity contribution >= 4 is 28.9 Å². The largest absolute Gasteiger partial charge is 0.451 e. The monoisotopic (exact) mass is 343 g/mol. The van der Waals surface area contributed by atoms with Crippen LogP contribution in [0.25, 0.3) is 5.65 Å². The molecular weight excluding hydrogens is 326 g/mol. The normalized spacial score (nSPS) is 10.7. The summed E-state index contributed by atoms with van der Waals surface area (Å²) in [5.74, 6) is -0.925. The maximum absolute atomic E-state index is 12.0. The first-order valence-electron chi connectivity index (χ1n) is 7.54. The third-order valence-electron chi connectivity index (χ3n) is 3.51. The molecule has 7 heteroatoms. The minimum Gasteiger partial charge on any atom is -0.451 e. The highest BCUT2D eigenvalue weighted by molar-refractivity contribution is 7.09. The molecule has 6 nitrogen and oxygen atoms in total. The Hall–Kier alpha value is -2.67. The molecule has 0 saturated carbocycles. The molecule has 3 rings (SSSR count). The Morgan fingerprint density at radius 3 is 2.92 bits per heavy atom. The number of pyridine rings is 1. The predicted molar refractivity (Wildman–Crippen MR) is 91.2 cm³/mol. The molecule has 0 fully saturated rings. The zero-order valence-electron chi connectivity index (χ0n) is 13.2. The van der Waals surface area contributed by atoms with Crippen LogP contribution in [0.3, 0.4) is 0 Å². The van der Waals surface area contributed by atoms with E-state index < -0.39 is 5.97 Å². The van der Waals surface area contributed by atoms with E-state index in [1.165, 1.54) is 4.88 Å². The lowest BCUT2D eigenvalue weighted by atomic mass is 10.3. The number of thiophene rings is 1. The van der Waals surface area contributed by atoms with Gasteiger partial charge in [-0.2, -0.15) is 0 Å². The van der Waals surface area contributed by atoms with Gasteiger partial charge in [0.1, 0.15) is 5.65 Å².